The molecule has 7 nitrogen and oxygen atoms in total. The lowest BCUT2D eigenvalue weighted by atomic mass is 10.1. The van der Waals surface area contributed by atoms with Gasteiger partial charge in [0.25, 0.3) is 0 Å². The number of hydrogen-bond donors (Lipinski definition) is 2. The Kier molecular flexibility index (Phi) is 6.09. The van der Waals surface area contributed by atoms with Gasteiger partial charge < -0.3 is 15.4 Å². The minimum Gasteiger partial charge on any atom is -0.383 e. The lowest BCUT2D eigenvalue weighted by molar-refractivity contribution is -0.122. The van der Waals surface area contributed by atoms with E-state index in [0.29, 0.717) is 13.2 Å². The fourth-order valence-corrected chi connectivity index (χ4v) is 1.61. The number of carbonyl (C=O) groups excluding carboxylic acids is 1. The first-order valence-corrected chi connectivity index (χ1v) is 6.72. The monoisotopic (exact) mass is 283 g/mol. The van der Waals surface area contributed by atoms with Gasteiger partial charge in [-0.15, -0.1) is 5.10 Å². The Morgan fingerprint density at radius 2 is 2.20 bits per heavy atom. The minimum absolute atomic E-state index is 0.0157. The van der Waals surface area contributed by atoms with Crippen molar-refractivity contribution in [1.82, 2.24) is 25.6 Å². The van der Waals surface area contributed by atoms with Crippen molar-refractivity contribution in [3.8, 4) is 0 Å². The molecule has 1 rings (SSSR count). The molecule has 1 aromatic rings. The van der Waals surface area contributed by atoms with Crippen molar-refractivity contribution < 1.29 is 9.53 Å². The van der Waals surface area contributed by atoms with Crippen molar-refractivity contribution in [3.05, 3.63) is 11.9 Å². The molecule has 0 saturated carbocycles. The van der Waals surface area contributed by atoms with Gasteiger partial charge in [0.1, 0.15) is 6.54 Å². The predicted molar refractivity (Wildman–Crippen MR) is 76.1 cm³/mol. The van der Waals surface area contributed by atoms with E-state index in [2.05, 4.69) is 41.7 Å². The molecule has 0 spiro atoms. The van der Waals surface area contributed by atoms with Crippen LogP contribution in [0.3, 0.4) is 0 Å². The number of rotatable bonds is 7. The van der Waals surface area contributed by atoms with Gasteiger partial charge in [0.2, 0.25) is 5.91 Å². The number of nitrogens with one attached hydrogen (secondary N) is 2. The summed E-state index contributed by atoms with van der Waals surface area (Å²) in [5.41, 5.74) is 0.842. The van der Waals surface area contributed by atoms with E-state index in [1.165, 1.54) is 4.68 Å². The van der Waals surface area contributed by atoms with E-state index in [1.54, 1.807) is 13.3 Å². The third-order valence-corrected chi connectivity index (χ3v) is 2.52. The van der Waals surface area contributed by atoms with Gasteiger partial charge in [0.05, 0.1) is 18.5 Å². The Hall–Kier alpha value is -1.47. The van der Waals surface area contributed by atoms with Crippen molar-refractivity contribution in [2.24, 2.45) is 0 Å². The average Bonchev–Trinajstić information content (AvgIpc) is 2.73. The number of amides is 1. The number of nitrogens with zero attached hydrogens (tertiary/aromatic N) is 3. The third-order valence-electron chi connectivity index (χ3n) is 2.52. The van der Waals surface area contributed by atoms with E-state index < -0.39 is 0 Å². The van der Waals surface area contributed by atoms with E-state index in [4.69, 9.17) is 4.74 Å². The highest BCUT2D eigenvalue weighted by Crippen LogP contribution is 2.01. The van der Waals surface area contributed by atoms with Crippen molar-refractivity contribution >= 4 is 5.91 Å². The molecule has 20 heavy (non-hydrogen) atoms. The van der Waals surface area contributed by atoms with E-state index in [1.807, 2.05) is 6.92 Å². The molecule has 0 bridgehead atoms. The summed E-state index contributed by atoms with van der Waals surface area (Å²) in [6.07, 6.45) is 1.78. The summed E-state index contributed by atoms with van der Waals surface area (Å²) in [6.45, 7) is 9.43. The molecule has 7 heteroatoms. The molecule has 1 heterocycles. The molecular formula is C13H25N5O2. The highest BCUT2D eigenvalue weighted by Gasteiger charge is 2.12. The molecule has 0 saturated heterocycles. The maximum absolute atomic E-state index is 11.8. The van der Waals surface area contributed by atoms with Crippen LogP contribution < -0.4 is 10.6 Å². The highest BCUT2D eigenvalue weighted by molar-refractivity contribution is 5.75. The van der Waals surface area contributed by atoms with Crippen molar-refractivity contribution in [2.75, 3.05) is 13.7 Å². The zero-order chi connectivity index (χ0) is 15.2. The summed E-state index contributed by atoms with van der Waals surface area (Å²) in [7, 11) is 1.61. The van der Waals surface area contributed by atoms with Crippen molar-refractivity contribution in [3.63, 3.8) is 0 Å². The Labute approximate surface area is 120 Å². The van der Waals surface area contributed by atoms with E-state index in [-0.39, 0.29) is 24.0 Å². The summed E-state index contributed by atoms with van der Waals surface area (Å²) in [6, 6.07) is -0.0157. The van der Waals surface area contributed by atoms with E-state index in [9.17, 15) is 4.79 Å². The van der Waals surface area contributed by atoms with Crippen LogP contribution in [-0.2, 0) is 22.6 Å². The largest absolute Gasteiger partial charge is 0.383 e. The van der Waals surface area contributed by atoms with Gasteiger partial charge in [0, 0.05) is 25.2 Å². The number of ether oxygens (including phenoxy) is 1. The smallest absolute Gasteiger partial charge is 0.242 e. The quantitative estimate of drug-likeness (QED) is 0.753. The van der Waals surface area contributed by atoms with Crippen LogP contribution in [0.2, 0.25) is 0 Å². The third kappa shape index (κ3) is 6.63. The molecule has 0 fully saturated rings. The van der Waals surface area contributed by atoms with E-state index in [0.717, 1.165) is 5.69 Å². The van der Waals surface area contributed by atoms with Gasteiger partial charge in [-0.05, 0) is 27.7 Å². The summed E-state index contributed by atoms with van der Waals surface area (Å²) in [5.74, 6) is -0.102. The molecule has 0 aliphatic rings. The van der Waals surface area contributed by atoms with Crippen LogP contribution in [-0.4, -0.2) is 46.2 Å². The second kappa shape index (κ2) is 7.35. The molecule has 114 valence electrons. The molecule has 0 aliphatic carbocycles. The van der Waals surface area contributed by atoms with Gasteiger partial charge >= 0.3 is 0 Å². The molecule has 1 atom stereocenters. The molecular weight excluding hydrogens is 258 g/mol. The average molecular weight is 283 g/mol. The molecule has 1 unspecified atom stereocenters. The Balaban J connectivity index is 2.41. The number of carbonyl (C=O) groups is 1. The van der Waals surface area contributed by atoms with Crippen molar-refractivity contribution in [1.29, 1.82) is 0 Å². The van der Waals surface area contributed by atoms with Crippen LogP contribution in [0.1, 0.15) is 33.4 Å². The van der Waals surface area contributed by atoms with Crippen LogP contribution in [0.15, 0.2) is 6.20 Å². The Morgan fingerprint density at radius 3 is 2.80 bits per heavy atom. The van der Waals surface area contributed by atoms with Gasteiger partial charge in [0.15, 0.2) is 0 Å². The summed E-state index contributed by atoms with van der Waals surface area (Å²) in [5, 5.41) is 14.1. The summed E-state index contributed by atoms with van der Waals surface area (Å²) < 4.78 is 6.50. The maximum Gasteiger partial charge on any atom is 0.242 e. The highest BCUT2D eigenvalue weighted by atomic mass is 16.5. The normalized spacial score (nSPS) is 13.2. The Bertz CT molecular complexity index is 425. The lowest BCUT2D eigenvalue weighted by Gasteiger charge is -2.19. The molecule has 1 amide bonds. The number of hydrogen-bond acceptors (Lipinski definition) is 5. The minimum atomic E-state index is -0.102. The van der Waals surface area contributed by atoms with Gasteiger partial charge in [-0.3, -0.25) is 4.79 Å². The standard InChI is InChI=1S/C13H25N5O2/c1-10(9-20-5)15-12(19)8-18-7-11(16-17-18)6-14-13(2,3)4/h7,10,14H,6,8-9H2,1-5H3,(H,15,19). The SMILES string of the molecule is COCC(C)NC(=O)Cn1cc(CNC(C)(C)C)nn1. The first-order valence-electron chi connectivity index (χ1n) is 6.72. The summed E-state index contributed by atoms with van der Waals surface area (Å²) >= 11 is 0. The topological polar surface area (TPSA) is 81.1 Å². The molecule has 0 aliphatic heterocycles. The van der Waals surface area contributed by atoms with Crippen molar-refractivity contribution in [2.45, 2.75) is 52.4 Å². The summed E-state index contributed by atoms with van der Waals surface area (Å²) in [4.78, 5) is 11.8. The lowest BCUT2D eigenvalue weighted by Crippen LogP contribution is -2.37. The molecule has 2 N–H and O–H groups in total. The number of aromatic nitrogens is 3. The maximum atomic E-state index is 11.8. The van der Waals surface area contributed by atoms with Gasteiger partial charge in [-0.2, -0.15) is 0 Å². The zero-order valence-corrected chi connectivity index (χ0v) is 12.9. The second-order valence-electron chi connectivity index (χ2n) is 5.93. The van der Waals surface area contributed by atoms with Crippen LogP contribution >= 0.6 is 0 Å². The van der Waals surface area contributed by atoms with Crippen LogP contribution in [0.25, 0.3) is 0 Å². The fraction of sp³-hybridized carbons (Fsp3) is 0.769. The van der Waals surface area contributed by atoms with Gasteiger partial charge in [-0.25, -0.2) is 4.68 Å². The first kappa shape index (κ1) is 16.6. The van der Waals surface area contributed by atoms with Crippen LogP contribution in [0.5, 0.6) is 0 Å². The zero-order valence-electron chi connectivity index (χ0n) is 12.9. The predicted octanol–water partition coefficient (Wildman–Crippen LogP) is 0.317. The van der Waals surface area contributed by atoms with Crippen LogP contribution in [0, 0.1) is 0 Å². The fourth-order valence-electron chi connectivity index (χ4n) is 1.61. The first-order chi connectivity index (χ1) is 9.30. The molecule has 0 radical (unpaired) electrons. The van der Waals surface area contributed by atoms with Gasteiger partial charge in [-0.1, -0.05) is 5.21 Å². The molecule has 0 aromatic carbocycles. The van der Waals surface area contributed by atoms with E-state index >= 15 is 0 Å². The Morgan fingerprint density at radius 1 is 1.50 bits per heavy atom. The molecule has 1 aromatic heterocycles. The second-order valence-corrected chi connectivity index (χ2v) is 5.93. The van der Waals surface area contributed by atoms with Crippen LogP contribution in [0.4, 0.5) is 0 Å². The number of methoxy groups -OCH3 is 1.